The average molecular weight is 816 g/mol. The molecular weight excluding hydrogens is 735 g/mol. The number of hydrogen-bond donors (Lipinski definition) is 0. The predicted octanol–water partition coefficient (Wildman–Crippen LogP) is 14.4. The van der Waals surface area contributed by atoms with Gasteiger partial charge in [-0.05, 0) is 167 Å². The molecule has 0 aromatic heterocycles. The van der Waals surface area contributed by atoms with E-state index in [9.17, 15) is 9.60 Å². The van der Waals surface area contributed by atoms with Gasteiger partial charge in [0.05, 0.1) is 9.60 Å². The average Bonchev–Trinajstić information content (AvgIpc) is 3.21. The number of hydrogen-bond acceptors (Lipinski definition) is 2. The lowest BCUT2D eigenvalue weighted by Gasteiger charge is -2.48. The maximum Gasteiger partial charge on any atom is 0.252 e. The molecule has 0 radical (unpaired) electrons. The van der Waals surface area contributed by atoms with Gasteiger partial charge in [0.25, 0.3) is 6.71 Å². The van der Waals surface area contributed by atoms with Crippen LogP contribution >= 0.6 is 0 Å². The summed E-state index contributed by atoms with van der Waals surface area (Å²) in [6.07, 6.45) is 4.23. The van der Waals surface area contributed by atoms with Gasteiger partial charge in [0.2, 0.25) is 0 Å². The van der Waals surface area contributed by atoms with Crippen LogP contribution in [0.5, 0.6) is 0 Å². The highest BCUT2D eigenvalue weighted by Gasteiger charge is 2.48. The van der Waals surface area contributed by atoms with Crippen LogP contribution in [-0.2, 0) is 37.9 Å². The lowest BCUT2D eigenvalue weighted by atomic mass is 9.32. The Balaban J connectivity index is 1.53. The molecule has 2 aliphatic heterocycles. The van der Waals surface area contributed by atoms with Crippen molar-refractivity contribution in [3.63, 3.8) is 0 Å². The molecule has 2 nitrogen and oxygen atoms in total. The zero-order chi connectivity index (χ0) is 50.3. The van der Waals surface area contributed by atoms with Gasteiger partial charge in [0.1, 0.15) is 0 Å². The molecule has 0 spiro atoms. The van der Waals surface area contributed by atoms with E-state index in [2.05, 4.69) is 124 Å². The lowest BCUT2D eigenvalue weighted by Crippen LogP contribution is -2.62. The van der Waals surface area contributed by atoms with Crippen molar-refractivity contribution < 1.29 is 9.60 Å². The van der Waals surface area contributed by atoms with Crippen molar-refractivity contribution in [1.82, 2.24) is 0 Å². The van der Waals surface area contributed by atoms with E-state index >= 15 is 0 Å². The highest BCUT2D eigenvalue weighted by molar-refractivity contribution is 7.00. The molecule has 0 fully saturated rings. The van der Waals surface area contributed by atoms with Crippen molar-refractivity contribution >= 4 is 57.2 Å². The van der Waals surface area contributed by atoms with Crippen molar-refractivity contribution in [2.45, 2.75) is 181 Å². The van der Waals surface area contributed by atoms with E-state index in [-0.39, 0.29) is 75.3 Å². The first kappa shape index (κ1) is 34.3. The third-order valence-electron chi connectivity index (χ3n) is 15.1. The Morgan fingerprint density at radius 1 is 0.443 bits per heavy atom. The molecule has 0 bridgehead atoms. The summed E-state index contributed by atoms with van der Waals surface area (Å²) in [5, 5.41) is 0. The molecule has 2 heterocycles. The third kappa shape index (κ3) is 6.64. The van der Waals surface area contributed by atoms with Gasteiger partial charge in [0.15, 0.2) is 0 Å². The molecule has 0 N–H and O–H groups in total. The van der Waals surface area contributed by atoms with Crippen LogP contribution in [0.1, 0.15) is 192 Å². The van der Waals surface area contributed by atoms with E-state index < -0.39 is 23.0 Å². The first-order valence-corrected chi connectivity index (χ1v) is 22.9. The first-order valence-electron chi connectivity index (χ1n) is 26.4. The fourth-order valence-corrected chi connectivity index (χ4v) is 10.7. The van der Waals surface area contributed by atoms with Crippen molar-refractivity contribution in [2.24, 2.45) is 0 Å². The molecule has 9 rings (SSSR count). The molecule has 0 saturated heterocycles. The fraction of sp³-hybridized carbons (Fsp3) is 0.483. The summed E-state index contributed by atoms with van der Waals surface area (Å²) in [5.74, 6) is 0. The van der Waals surface area contributed by atoms with E-state index in [0.29, 0.717) is 22.3 Å². The van der Waals surface area contributed by atoms with E-state index in [1.165, 1.54) is 22.3 Å². The normalized spacial score (nSPS) is 21.0. The molecule has 3 heteroatoms. The Morgan fingerprint density at radius 3 is 1.43 bits per heavy atom. The Hall–Kier alpha value is -4.24. The molecule has 0 amide bonds. The Kier molecular flexibility index (Phi) is 7.39. The molecule has 2 aliphatic carbocycles. The van der Waals surface area contributed by atoms with Crippen LogP contribution in [0.3, 0.4) is 0 Å². The van der Waals surface area contributed by atoms with Gasteiger partial charge in [-0.15, -0.1) is 0 Å². The number of benzene rings is 5. The summed E-state index contributed by atoms with van der Waals surface area (Å²) >= 11 is 0. The molecule has 0 saturated carbocycles. The SMILES string of the molecule is [2H]c1c([2H])c(C(C)(C)C)c([2H])c([2H])c1N1c2cc(C(C)(C)C)cc3c2B(c2cc4c(cc2N3c2ccc3c(c2)C(C)(C)CCC3(C)C)C(C)(C)CCC4(C)C)c2c([2H])c(C(C)(C)C)c([2H])c([2H])c21. The maximum absolute atomic E-state index is 10.4. The zero-order valence-electron chi connectivity index (χ0n) is 47.3. The predicted molar refractivity (Wildman–Crippen MR) is 267 cm³/mol. The van der Waals surface area contributed by atoms with Crippen LogP contribution in [0.25, 0.3) is 0 Å². The van der Waals surface area contributed by atoms with Crippen LogP contribution in [-0.4, -0.2) is 6.71 Å². The number of anilines is 6. The molecular formula is C58H73BN2. The largest absolute Gasteiger partial charge is 0.311 e. The van der Waals surface area contributed by atoms with Crippen LogP contribution in [0.4, 0.5) is 34.1 Å². The number of fused-ring (bicyclic) bond motifs is 6. The standard InChI is InChI=1S/C58H73BN2/c1-52(2,3)36-18-21-39(22-19-36)60-47-25-20-37(53(4,5)6)30-45(47)59-46-34-43-44(58(16,17)29-28-57(43,14)15)35-48(46)61(50-32-38(54(7,8)9)31-49(60)51(50)59)40-23-24-41-42(33-40)56(12,13)27-26-55(41,10)11/h18-25,30-35H,26-29H2,1-17H3/i18D,19D,20D,21D,22D,25D,30D. The van der Waals surface area contributed by atoms with E-state index in [1.54, 1.807) is 4.90 Å². The Labute approximate surface area is 380 Å². The molecule has 4 aliphatic rings. The van der Waals surface area contributed by atoms with E-state index in [1.807, 2.05) is 41.5 Å². The van der Waals surface area contributed by atoms with Gasteiger partial charge < -0.3 is 9.80 Å². The summed E-state index contributed by atoms with van der Waals surface area (Å²) in [6.45, 7) is 36.6. The lowest BCUT2D eigenvalue weighted by molar-refractivity contribution is 0.332. The molecule has 0 unspecified atom stereocenters. The molecule has 61 heavy (non-hydrogen) atoms. The summed E-state index contributed by atoms with van der Waals surface area (Å²) in [5.41, 5.74) is 11.5. The smallest absolute Gasteiger partial charge is 0.252 e. The number of rotatable bonds is 2. The number of nitrogens with zero attached hydrogens (tertiary/aromatic N) is 2. The van der Waals surface area contributed by atoms with Crippen LogP contribution in [0.15, 0.2) is 84.8 Å². The second-order valence-corrected chi connectivity index (χ2v) is 24.7. The van der Waals surface area contributed by atoms with E-state index in [4.69, 9.17) is 0 Å². The molecule has 5 aromatic carbocycles. The quantitative estimate of drug-likeness (QED) is 0.160. The molecule has 318 valence electrons. The highest BCUT2D eigenvalue weighted by Crippen LogP contribution is 2.53. The van der Waals surface area contributed by atoms with Crippen LogP contribution in [0, 0.1) is 0 Å². The summed E-state index contributed by atoms with van der Waals surface area (Å²) in [4.78, 5) is 4.22. The van der Waals surface area contributed by atoms with Gasteiger partial charge in [-0.3, -0.25) is 0 Å². The molecule has 0 atom stereocenters. The van der Waals surface area contributed by atoms with Gasteiger partial charge in [-0.1, -0.05) is 154 Å². The minimum atomic E-state index is -0.691. The summed E-state index contributed by atoms with van der Waals surface area (Å²) in [6, 6.07) is 15.7. The minimum Gasteiger partial charge on any atom is -0.311 e. The maximum atomic E-state index is 10.4. The van der Waals surface area contributed by atoms with Gasteiger partial charge in [0, 0.05) is 34.1 Å². The molecule has 5 aromatic rings. The fourth-order valence-electron chi connectivity index (χ4n) is 10.7. The van der Waals surface area contributed by atoms with Crippen LogP contribution < -0.4 is 26.2 Å². The Morgan fingerprint density at radius 2 is 0.902 bits per heavy atom. The Bertz CT molecular complexity index is 2980. The van der Waals surface area contributed by atoms with Gasteiger partial charge >= 0.3 is 0 Å². The summed E-state index contributed by atoms with van der Waals surface area (Å²) < 4.78 is 69.1. The highest BCUT2D eigenvalue weighted by atomic mass is 15.2. The zero-order valence-corrected chi connectivity index (χ0v) is 40.3. The van der Waals surface area contributed by atoms with Crippen molar-refractivity contribution in [2.75, 3.05) is 9.80 Å². The monoisotopic (exact) mass is 816 g/mol. The van der Waals surface area contributed by atoms with Crippen molar-refractivity contribution in [1.29, 1.82) is 0 Å². The second-order valence-electron chi connectivity index (χ2n) is 24.7. The van der Waals surface area contributed by atoms with Crippen molar-refractivity contribution in [3.05, 3.63) is 124 Å². The van der Waals surface area contributed by atoms with Gasteiger partial charge in [-0.25, -0.2) is 0 Å². The minimum absolute atomic E-state index is 0.0102. The second kappa shape index (κ2) is 13.2. The van der Waals surface area contributed by atoms with Crippen molar-refractivity contribution in [3.8, 4) is 0 Å². The summed E-state index contributed by atoms with van der Waals surface area (Å²) in [7, 11) is 0. The van der Waals surface area contributed by atoms with Crippen LogP contribution in [0.2, 0.25) is 0 Å². The van der Waals surface area contributed by atoms with E-state index in [0.717, 1.165) is 59.2 Å². The topological polar surface area (TPSA) is 6.48 Å². The first-order chi connectivity index (χ1) is 31.0. The third-order valence-corrected chi connectivity index (χ3v) is 15.1. The van der Waals surface area contributed by atoms with Gasteiger partial charge in [-0.2, -0.15) is 0 Å².